The Kier molecular flexibility index (Phi) is 3.12. The fourth-order valence-electron chi connectivity index (χ4n) is 1.17. The van der Waals surface area contributed by atoms with Crippen molar-refractivity contribution in [3.05, 3.63) is 0 Å². The quantitative estimate of drug-likeness (QED) is 0.597. The molecule has 1 rings (SSSR count). The predicted octanol–water partition coefficient (Wildman–Crippen LogP) is 0.0302. The van der Waals surface area contributed by atoms with Gasteiger partial charge in [0.25, 0.3) is 0 Å². The van der Waals surface area contributed by atoms with Gasteiger partial charge in [0, 0.05) is 19.6 Å². The van der Waals surface area contributed by atoms with Crippen molar-refractivity contribution in [2.45, 2.75) is 12.5 Å². The molecular formula is C7H14O3. The summed E-state index contributed by atoms with van der Waals surface area (Å²) in [5, 5.41) is 8.77. The second kappa shape index (κ2) is 3.91. The molecule has 0 aromatic carbocycles. The molecule has 0 saturated carbocycles. The van der Waals surface area contributed by atoms with Crippen molar-refractivity contribution in [3.63, 3.8) is 0 Å². The SMILES string of the molecule is CO[C@@H]1COC[C@H](CO)C1. The van der Waals surface area contributed by atoms with Gasteiger partial charge in [-0.3, -0.25) is 0 Å². The summed E-state index contributed by atoms with van der Waals surface area (Å²) in [6, 6.07) is 0. The normalized spacial score (nSPS) is 34.2. The maximum absolute atomic E-state index is 8.77. The van der Waals surface area contributed by atoms with Crippen LogP contribution in [0.15, 0.2) is 0 Å². The van der Waals surface area contributed by atoms with Crippen LogP contribution in [0.3, 0.4) is 0 Å². The zero-order valence-corrected chi connectivity index (χ0v) is 6.25. The minimum Gasteiger partial charge on any atom is -0.396 e. The first-order valence-electron chi connectivity index (χ1n) is 3.58. The molecule has 1 fully saturated rings. The molecule has 3 heteroatoms. The first-order valence-corrected chi connectivity index (χ1v) is 3.58. The van der Waals surface area contributed by atoms with Crippen molar-refractivity contribution in [2.75, 3.05) is 26.9 Å². The van der Waals surface area contributed by atoms with Crippen molar-refractivity contribution >= 4 is 0 Å². The van der Waals surface area contributed by atoms with Crippen LogP contribution in [0.2, 0.25) is 0 Å². The fourth-order valence-corrected chi connectivity index (χ4v) is 1.17. The molecule has 0 amide bonds. The molecule has 1 heterocycles. The lowest BCUT2D eigenvalue weighted by atomic mass is 10.0. The number of ether oxygens (including phenoxy) is 2. The number of aliphatic hydroxyl groups is 1. The maximum atomic E-state index is 8.77. The topological polar surface area (TPSA) is 38.7 Å². The molecule has 0 aromatic rings. The molecule has 60 valence electrons. The van der Waals surface area contributed by atoms with E-state index in [0.29, 0.717) is 13.2 Å². The molecule has 10 heavy (non-hydrogen) atoms. The maximum Gasteiger partial charge on any atom is 0.0809 e. The molecule has 1 aliphatic heterocycles. The molecule has 1 aliphatic rings. The second-order valence-electron chi connectivity index (χ2n) is 2.68. The zero-order valence-electron chi connectivity index (χ0n) is 6.25. The monoisotopic (exact) mass is 146 g/mol. The summed E-state index contributed by atoms with van der Waals surface area (Å²) >= 11 is 0. The molecule has 0 bridgehead atoms. The number of methoxy groups -OCH3 is 1. The fraction of sp³-hybridized carbons (Fsp3) is 1.00. The predicted molar refractivity (Wildman–Crippen MR) is 36.8 cm³/mol. The molecule has 3 nitrogen and oxygen atoms in total. The summed E-state index contributed by atoms with van der Waals surface area (Å²) in [5.41, 5.74) is 0. The molecule has 1 N–H and O–H groups in total. The molecule has 0 spiro atoms. The van der Waals surface area contributed by atoms with Gasteiger partial charge in [-0.25, -0.2) is 0 Å². The Balaban J connectivity index is 2.25. The summed E-state index contributed by atoms with van der Waals surface area (Å²) in [4.78, 5) is 0. The van der Waals surface area contributed by atoms with E-state index in [2.05, 4.69) is 0 Å². The van der Waals surface area contributed by atoms with Gasteiger partial charge in [0.05, 0.1) is 19.3 Å². The lowest BCUT2D eigenvalue weighted by Gasteiger charge is -2.26. The van der Waals surface area contributed by atoms with Crippen LogP contribution in [0.5, 0.6) is 0 Å². The number of hydrogen-bond acceptors (Lipinski definition) is 3. The Morgan fingerprint density at radius 3 is 3.00 bits per heavy atom. The Morgan fingerprint density at radius 2 is 2.40 bits per heavy atom. The smallest absolute Gasteiger partial charge is 0.0809 e. The molecule has 0 aliphatic carbocycles. The number of hydrogen-bond donors (Lipinski definition) is 1. The standard InChI is InChI=1S/C7H14O3/c1-9-7-2-6(3-8)4-10-5-7/h6-8H,2-5H2,1H3/t6-,7-/m0/s1. The summed E-state index contributed by atoms with van der Waals surface area (Å²) in [6.45, 7) is 1.56. The minimum atomic E-state index is 0.186. The van der Waals surface area contributed by atoms with Gasteiger partial charge < -0.3 is 14.6 Å². The largest absolute Gasteiger partial charge is 0.396 e. The van der Waals surface area contributed by atoms with E-state index >= 15 is 0 Å². The molecule has 2 atom stereocenters. The number of rotatable bonds is 2. The van der Waals surface area contributed by atoms with Gasteiger partial charge in [0.2, 0.25) is 0 Å². The summed E-state index contributed by atoms with van der Waals surface area (Å²) < 4.78 is 10.3. The third-order valence-electron chi connectivity index (χ3n) is 1.85. The highest BCUT2D eigenvalue weighted by atomic mass is 16.5. The van der Waals surface area contributed by atoms with Gasteiger partial charge in [-0.2, -0.15) is 0 Å². The highest BCUT2D eigenvalue weighted by molar-refractivity contribution is 4.69. The van der Waals surface area contributed by atoms with E-state index < -0.39 is 0 Å². The minimum absolute atomic E-state index is 0.186. The second-order valence-corrected chi connectivity index (χ2v) is 2.68. The van der Waals surface area contributed by atoms with Gasteiger partial charge in [0.15, 0.2) is 0 Å². The highest BCUT2D eigenvalue weighted by Crippen LogP contribution is 2.15. The van der Waals surface area contributed by atoms with E-state index in [-0.39, 0.29) is 18.6 Å². The van der Waals surface area contributed by atoms with Crippen LogP contribution in [-0.2, 0) is 9.47 Å². The van der Waals surface area contributed by atoms with E-state index in [9.17, 15) is 0 Å². The first kappa shape index (κ1) is 7.98. The van der Waals surface area contributed by atoms with Crippen molar-refractivity contribution in [1.29, 1.82) is 0 Å². The van der Waals surface area contributed by atoms with Crippen LogP contribution in [0.1, 0.15) is 6.42 Å². The molecule has 0 unspecified atom stereocenters. The summed E-state index contributed by atoms with van der Waals surface area (Å²) in [6.07, 6.45) is 1.11. The summed E-state index contributed by atoms with van der Waals surface area (Å²) in [5.74, 6) is 0.277. The molecule has 1 saturated heterocycles. The van der Waals surface area contributed by atoms with Gasteiger partial charge >= 0.3 is 0 Å². The van der Waals surface area contributed by atoms with Crippen LogP contribution in [0.25, 0.3) is 0 Å². The van der Waals surface area contributed by atoms with E-state index in [1.54, 1.807) is 7.11 Å². The molecular weight excluding hydrogens is 132 g/mol. The third kappa shape index (κ3) is 1.94. The Labute approximate surface area is 60.9 Å². The Bertz CT molecular complexity index is 84.9. The van der Waals surface area contributed by atoms with Gasteiger partial charge in [-0.1, -0.05) is 0 Å². The van der Waals surface area contributed by atoms with Crippen molar-refractivity contribution < 1.29 is 14.6 Å². The lowest BCUT2D eigenvalue weighted by Crippen LogP contribution is -2.32. The van der Waals surface area contributed by atoms with Gasteiger partial charge in [-0.05, 0) is 6.42 Å². The van der Waals surface area contributed by atoms with Gasteiger partial charge in [0.1, 0.15) is 0 Å². The summed E-state index contributed by atoms with van der Waals surface area (Å²) in [7, 11) is 1.67. The van der Waals surface area contributed by atoms with Crippen molar-refractivity contribution in [1.82, 2.24) is 0 Å². The average Bonchev–Trinajstić information content (AvgIpc) is 2.05. The lowest BCUT2D eigenvalue weighted by molar-refractivity contribution is -0.0657. The third-order valence-corrected chi connectivity index (χ3v) is 1.85. The first-order chi connectivity index (χ1) is 4.86. The van der Waals surface area contributed by atoms with Crippen molar-refractivity contribution in [2.24, 2.45) is 5.92 Å². The van der Waals surface area contributed by atoms with Crippen LogP contribution in [-0.4, -0.2) is 38.1 Å². The van der Waals surface area contributed by atoms with Crippen LogP contribution >= 0.6 is 0 Å². The van der Waals surface area contributed by atoms with Crippen LogP contribution in [0, 0.1) is 5.92 Å². The average molecular weight is 146 g/mol. The molecule has 0 radical (unpaired) electrons. The van der Waals surface area contributed by atoms with Crippen molar-refractivity contribution in [3.8, 4) is 0 Å². The van der Waals surface area contributed by atoms with Crippen LogP contribution in [0.4, 0.5) is 0 Å². The van der Waals surface area contributed by atoms with E-state index in [1.807, 2.05) is 0 Å². The molecule has 0 aromatic heterocycles. The van der Waals surface area contributed by atoms with E-state index in [0.717, 1.165) is 6.42 Å². The Morgan fingerprint density at radius 1 is 1.60 bits per heavy atom. The van der Waals surface area contributed by atoms with Crippen LogP contribution < -0.4 is 0 Å². The van der Waals surface area contributed by atoms with E-state index in [4.69, 9.17) is 14.6 Å². The Hall–Kier alpha value is -0.120. The number of aliphatic hydroxyl groups excluding tert-OH is 1. The van der Waals surface area contributed by atoms with E-state index in [1.165, 1.54) is 0 Å². The highest BCUT2D eigenvalue weighted by Gasteiger charge is 2.21. The zero-order chi connectivity index (χ0) is 7.40. The van der Waals surface area contributed by atoms with Gasteiger partial charge in [-0.15, -0.1) is 0 Å².